The van der Waals surface area contributed by atoms with Crippen molar-refractivity contribution >= 4 is 11.8 Å². The van der Waals surface area contributed by atoms with Crippen LogP contribution in [-0.2, 0) is 29.1 Å². The summed E-state index contributed by atoms with van der Waals surface area (Å²) >= 11 is 0. The van der Waals surface area contributed by atoms with Crippen molar-refractivity contribution in [2.75, 3.05) is 13.1 Å². The maximum atomic E-state index is 12.1. The third-order valence-corrected chi connectivity index (χ3v) is 5.25. The molecule has 6 nitrogen and oxygen atoms in total. The van der Waals surface area contributed by atoms with Crippen molar-refractivity contribution in [3.63, 3.8) is 0 Å². The van der Waals surface area contributed by atoms with E-state index >= 15 is 0 Å². The fourth-order valence-corrected chi connectivity index (χ4v) is 3.73. The Balaban J connectivity index is 1.31. The van der Waals surface area contributed by atoms with Gasteiger partial charge in [-0.05, 0) is 18.1 Å². The predicted molar refractivity (Wildman–Crippen MR) is 98.2 cm³/mol. The number of hydrogen-bond donors (Lipinski definition) is 1. The van der Waals surface area contributed by atoms with Crippen LogP contribution in [0.4, 0.5) is 0 Å². The number of nitrogens with one attached hydrogen (secondary N) is 1. The molecule has 0 radical (unpaired) electrons. The van der Waals surface area contributed by atoms with E-state index in [-0.39, 0.29) is 17.7 Å². The van der Waals surface area contributed by atoms with Crippen LogP contribution in [0.1, 0.15) is 31.2 Å². The minimum Gasteiger partial charge on any atom is -0.352 e. The number of fused-ring (bicyclic) bond motifs is 1. The molecule has 0 saturated carbocycles. The van der Waals surface area contributed by atoms with E-state index in [1.807, 2.05) is 12.1 Å². The molecule has 3 heterocycles. The van der Waals surface area contributed by atoms with Gasteiger partial charge in [0.15, 0.2) is 0 Å². The summed E-state index contributed by atoms with van der Waals surface area (Å²) in [5.41, 5.74) is 3.17. The van der Waals surface area contributed by atoms with Gasteiger partial charge in [-0.1, -0.05) is 18.2 Å². The minimum absolute atomic E-state index is 0.0459. The predicted octanol–water partition coefficient (Wildman–Crippen LogP) is 1.98. The van der Waals surface area contributed by atoms with E-state index in [9.17, 15) is 9.59 Å². The van der Waals surface area contributed by atoms with Gasteiger partial charge in [-0.2, -0.15) is 0 Å². The standard InChI is InChI=1S/C20H24N4O2/c1-14(25)24-11-16(12-24)9-20(26)21-10-15-4-2-5-17(8-15)18-13-23-7-3-6-19(23)22-18/h2,4-5,8,13,16H,3,6-7,9-12H2,1H3,(H,21,26). The SMILES string of the molecule is CC(=O)N1CC(CC(=O)NCc2cccc(-c3cn4c(n3)CCC4)c2)C1. The average Bonchev–Trinajstić information content (AvgIpc) is 3.17. The average molecular weight is 352 g/mol. The van der Waals surface area contributed by atoms with Crippen molar-refractivity contribution in [1.29, 1.82) is 0 Å². The first kappa shape index (κ1) is 16.8. The summed E-state index contributed by atoms with van der Waals surface area (Å²) in [6, 6.07) is 8.19. The van der Waals surface area contributed by atoms with Gasteiger partial charge in [-0.15, -0.1) is 0 Å². The maximum Gasteiger partial charge on any atom is 0.220 e. The normalized spacial score (nSPS) is 16.3. The van der Waals surface area contributed by atoms with E-state index in [4.69, 9.17) is 4.98 Å². The van der Waals surface area contributed by atoms with Crippen LogP contribution < -0.4 is 5.32 Å². The summed E-state index contributed by atoms with van der Waals surface area (Å²) in [6.07, 6.45) is 4.84. The third-order valence-electron chi connectivity index (χ3n) is 5.25. The van der Waals surface area contributed by atoms with Gasteiger partial charge in [0.1, 0.15) is 5.82 Å². The molecule has 4 rings (SSSR count). The molecule has 1 aromatic carbocycles. The first-order valence-electron chi connectivity index (χ1n) is 9.26. The Labute approximate surface area is 153 Å². The second-order valence-corrected chi connectivity index (χ2v) is 7.31. The van der Waals surface area contributed by atoms with E-state index in [1.54, 1.807) is 11.8 Å². The molecule has 2 aromatic rings. The number of hydrogen-bond acceptors (Lipinski definition) is 3. The molecule has 26 heavy (non-hydrogen) atoms. The van der Waals surface area contributed by atoms with Gasteiger partial charge in [0.25, 0.3) is 0 Å². The smallest absolute Gasteiger partial charge is 0.220 e. The van der Waals surface area contributed by atoms with Crippen LogP contribution in [0.2, 0.25) is 0 Å². The van der Waals surface area contributed by atoms with Crippen LogP contribution in [0.25, 0.3) is 11.3 Å². The number of amides is 2. The Hall–Kier alpha value is -2.63. The molecular weight excluding hydrogens is 328 g/mol. The van der Waals surface area contributed by atoms with Crippen LogP contribution >= 0.6 is 0 Å². The Morgan fingerprint density at radius 3 is 2.92 bits per heavy atom. The second-order valence-electron chi connectivity index (χ2n) is 7.31. The Kier molecular flexibility index (Phi) is 4.49. The van der Waals surface area contributed by atoms with Gasteiger partial charge in [-0.3, -0.25) is 9.59 Å². The number of benzene rings is 1. The van der Waals surface area contributed by atoms with Crippen LogP contribution in [0.15, 0.2) is 30.5 Å². The molecule has 0 atom stereocenters. The number of rotatable bonds is 5. The molecule has 1 N–H and O–H groups in total. The largest absolute Gasteiger partial charge is 0.352 e. The van der Waals surface area contributed by atoms with Crippen molar-refractivity contribution in [3.8, 4) is 11.3 Å². The highest BCUT2D eigenvalue weighted by molar-refractivity contribution is 5.78. The zero-order valence-corrected chi connectivity index (χ0v) is 15.1. The number of carbonyl (C=O) groups excluding carboxylic acids is 2. The molecule has 0 spiro atoms. The van der Waals surface area contributed by atoms with E-state index in [1.165, 1.54) is 12.2 Å². The van der Waals surface area contributed by atoms with E-state index < -0.39 is 0 Å². The number of likely N-dealkylation sites (tertiary alicyclic amines) is 1. The highest BCUT2D eigenvalue weighted by Crippen LogP contribution is 2.24. The summed E-state index contributed by atoms with van der Waals surface area (Å²) < 4.78 is 2.23. The summed E-state index contributed by atoms with van der Waals surface area (Å²) in [7, 11) is 0. The fraction of sp³-hybridized carbons (Fsp3) is 0.450. The molecule has 6 heteroatoms. The van der Waals surface area contributed by atoms with Crippen LogP contribution in [0, 0.1) is 5.92 Å². The lowest BCUT2D eigenvalue weighted by atomic mass is 9.96. The first-order valence-corrected chi connectivity index (χ1v) is 9.26. The first-order chi connectivity index (χ1) is 12.6. The molecule has 0 bridgehead atoms. The van der Waals surface area contributed by atoms with E-state index in [2.05, 4.69) is 28.2 Å². The zero-order valence-electron chi connectivity index (χ0n) is 15.1. The summed E-state index contributed by atoms with van der Waals surface area (Å²) in [6.45, 7) is 4.54. The van der Waals surface area contributed by atoms with Crippen LogP contribution in [-0.4, -0.2) is 39.4 Å². The second kappa shape index (κ2) is 6.94. The molecule has 2 aliphatic rings. The molecule has 2 aliphatic heterocycles. The third kappa shape index (κ3) is 3.49. The number of imidazole rings is 1. The quantitative estimate of drug-likeness (QED) is 0.895. The molecule has 2 amide bonds. The number of carbonyl (C=O) groups is 2. The topological polar surface area (TPSA) is 67.2 Å². The van der Waals surface area contributed by atoms with Crippen LogP contribution in [0.3, 0.4) is 0 Å². The lowest BCUT2D eigenvalue weighted by molar-refractivity contribution is -0.137. The van der Waals surface area contributed by atoms with Gasteiger partial charge in [-0.25, -0.2) is 4.98 Å². The van der Waals surface area contributed by atoms with Gasteiger partial charge in [0, 0.05) is 63.6 Å². The van der Waals surface area contributed by atoms with Gasteiger partial charge < -0.3 is 14.8 Å². The summed E-state index contributed by atoms with van der Waals surface area (Å²) in [4.78, 5) is 29.8. The molecule has 1 saturated heterocycles. The number of aromatic nitrogens is 2. The van der Waals surface area contributed by atoms with Crippen molar-refractivity contribution < 1.29 is 9.59 Å². The number of nitrogens with zero attached hydrogens (tertiary/aromatic N) is 3. The summed E-state index contributed by atoms with van der Waals surface area (Å²) in [5, 5.41) is 2.99. The highest BCUT2D eigenvalue weighted by Gasteiger charge is 2.29. The molecule has 1 aromatic heterocycles. The van der Waals surface area contributed by atoms with Gasteiger partial charge >= 0.3 is 0 Å². The molecule has 136 valence electrons. The molecular formula is C20H24N4O2. The number of aryl methyl sites for hydroxylation is 2. The molecule has 0 aliphatic carbocycles. The fourth-order valence-electron chi connectivity index (χ4n) is 3.73. The molecule has 0 unspecified atom stereocenters. The zero-order chi connectivity index (χ0) is 18.1. The van der Waals surface area contributed by atoms with Crippen LogP contribution in [0.5, 0.6) is 0 Å². The molecule has 1 fully saturated rings. The van der Waals surface area contributed by atoms with Crippen molar-refractivity contribution in [2.45, 2.75) is 39.3 Å². The maximum absolute atomic E-state index is 12.1. The Morgan fingerprint density at radius 2 is 2.15 bits per heavy atom. The minimum atomic E-state index is 0.0459. The van der Waals surface area contributed by atoms with Gasteiger partial charge in [0.2, 0.25) is 11.8 Å². The van der Waals surface area contributed by atoms with E-state index in [0.717, 1.165) is 29.8 Å². The van der Waals surface area contributed by atoms with Crippen molar-refractivity contribution in [1.82, 2.24) is 19.8 Å². The Morgan fingerprint density at radius 1 is 1.31 bits per heavy atom. The van der Waals surface area contributed by atoms with Gasteiger partial charge in [0.05, 0.1) is 5.69 Å². The highest BCUT2D eigenvalue weighted by atomic mass is 16.2. The monoisotopic (exact) mass is 352 g/mol. The lowest BCUT2D eigenvalue weighted by Crippen LogP contribution is -2.50. The van der Waals surface area contributed by atoms with E-state index in [0.29, 0.717) is 26.1 Å². The summed E-state index contributed by atoms with van der Waals surface area (Å²) in [5.74, 6) is 1.59. The van der Waals surface area contributed by atoms with Crippen molar-refractivity contribution in [3.05, 3.63) is 41.9 Å². The van der Waals surface area contributed by atoms with Crippen molar-refractivity contribution in [2.24, 2.45) is 5.92 Å². The Bertz CT molecular complexity index is 815. The lowest BCUT2D eigenvalue weighted by Gasteiger charge is -2.38.